The Morgan fingerprint density at radius 2 is 2.21 bits per heavy atom. The van der Waals surface area contributed by atoms with Gasteiger partial charge in [0.1, 0.15) is 12.6 Å². The minimum Gasteiger partial charge on any atom is -1.00 e. The maximum atomic E-state index is 11.4. The molecular weight excluding hydrogens is 293 g/mol. The van der Waals surface area contributed by atoms with Crippen LogP contribution in [-0.2, 0) is 11.8 Å². The summed E-state index contributed by atoms with van der Waals surface area (Å²) in [6.45, 7) is 4.11. The van der Waals surface area contributed by atoms with Crippen LogP contribution in [0.5, 0.6) is 0 Å². The minimum atomic E-state index is -0.254. The SMILES string of the molecule is CCOC(=O)c1ccc[n+](C)c1C.[I-]. The molecule has 0 saturated heterocycles. The van der Waals surface area contributed by atoms with E-state index in [4.69, 9.17) is 4.74 Å². The predicted molar refractivity (Wildman–Crippen MR) is 48.3 cm³/mol. The molecule has 0 fully saturated rings. The van der Waals surface area contributed by atoms with Crippen LogP contribution in [0.4, 0.5) is 0 Å². The van der Waals surface area contributed by atoms with E-state index in [-0.39, 0.29) is 29.9 Å². The van der Waals surface area contributed by atoms with Gasteiger partial charge in [-0.3, -0.25) is 0 Å². The number of aryl methyl sites for hydroxylation is 1. The van der Waals surface area contributed by atoms with Crippen LogP contribution in [0.3, 0.4) is 0 Å². The summed E-state index contributed by atoms with van der Waals surface area (Å²) in [6.07, 6.45) is 1.90. The van der Waals surface area contributed by atoms with Gasteiger partial charge < -0.3 is 28.7 Å². The third-order valence-corrected chi connectivity index (χ3v) is 1.99. The summed E-state index contributed by atoms with van der Waals surface area (Å²) in [5, 5.41) is 0. The molecule has 1 aromatic rings. The summed E-state index contributed by atoms with van der Waals surface area (Å²) >= 11 is 0. The van der Waals surface area contributed by atoms with Crippen molar-refractivity contribution in [1.82, 2.24) is 0 Å². The van der Waals surface area contributed by atoms with Gasteiger partial charge in [0, 0.05) is 13.0 Å². The van der Waals surface area contributed by atoms with Crippen molar-refractivity contribution < 1.29 is 38.1 Å². The van der Waals surface area contributed by atoms with E-state index in [0.29, 0.717) is 12.2 Å². The summed E-state index contributed by atoms with van der Waals surface area (Å²) in [6, 6.07) is 3.60. The first kappa shape index (κ1) is 13.4. The maximum absolute atomic E-state index is 11.4. The molecule has 0 aliphatic carbocycles. The zero-order chi connectivity index (χ0) is 9.84. The lowest BCUT2D eigenvalue weighted by Crippen LogP contribution is -3.00. The molecule has 0 amide bonds. The summed E-state index contributed by atoms with van der Waals surface area (Å²) in [4.78, 5) is 11.4. The molecule has 14 heavy (non-hydrogen) atoms. The Balaban J connectivity index is 0.00000169. The molecule has 0 aromatic carbocycles. The summed E-state index contributed by atoms with van der Waals surface area (Å²) < 4.78 is 6.81. The van der Waals surface area contributed by atoms with Gasteiger partial charge in [0.05, 0.1) is 6.61 Å². The average Bonchev–Trinajstić information content (AvgIpc) is 2.10. The van der Waals surface area contributed by atoms with Gasteiger partial charge in [0.25, 0.3) is 0 Å². The monoisotopic (exact) mass is 307 g/mol. The Hall–Kier alpha value is -0.650. The van der Waals surface area contributed by atoms with Gasteiger partial charge in [0.2, 0.25) is 0 Å². The van der Waals surface area contributed by atoms with Crippen LogP contribution in [0.15, 0.2) is 18.3 Å². The molecule has 0 unspecified atom stereocenters. The van der Waals surface area contributed by atoms with E-state index in [2.05, 4.69) is 0 Å². The van der Waals surface area contributed by atoms with Crippen LogP contribution in [0.2, 0.25) is 0 Å². The number of ether oxygens (including phenoxy) is 1. The number of pyridine rings is 1. The molecule has 0 spiro atoms. The Bertz CT molecular complexity index is 326. The minimum absolute atomic E-state index is 0. The summed E-state index contributed by atoms with van der Waals surface area (Å²) in [5.74, 6) is -0.254. The Morgan fingerprint density at radius 1 is 1.57 bits per heavy atom. The van der Waals surface area contributed by atoms with Gasteiger partial charge in [-0.1, -0.05) is 0 Å². The number of nitrogens with zero attached hydrogens (tertiary/aromatic N) is 1. The number of hydrogen-bond acceptors (Lipinski definition) is 2. The van der Waals surface area contributed by atoms with Gasteiger partial charge >= 0.3 is 5.97 Å². The highest BCUT2D eigenvalue weighted by Crippen LogP contribution is 2.03. The van der Waals surface area contributed by atoms with E-state index in [1.165, 1.54) is 0 Å². The largest absolute Gasteiger partial charge is 1.00 e. The predicted octanol–water partition coefficient (Wildman–Crippen LogP) is -2.00. The molecule has 78 valence electrons. The van der Waals surface area contributed by atoms with Crippen LogP contribution in [0.1, 0.15) is 23.0 Å². The molecule has 0 atom stereocenters. The van der Waals surface area contributed by atoms with Gasteiger partial charge in [0.15, 0.2) is 11.9 Å². The molecule has 0 bridgehead atoms. The van der Waals surface area contributed by atoms with E-state index in [0.717, 1.165) is 5.69 Å². The molecule has 0 radical (unpaired) electrons. The van der Waals surface area contributed by atoms with Crippen molar-refractivity contribution in [2.75, 3.05) is 6.61 Å². The molecule has 0 N–H and O–H groups in total. The second-order valence-corrected chi connectivity index (χ2v) is 2.84. The number of rotatable bonds is 2. The quantitative estimate of drug-likeness (QED) is 0.359. The number of hydrogen-bond donors (Lipinski definition) is 0. The molecule has 4 heteroatoms. The van der Waals surface area contributed by atoms with Gasteiger partial charge in [-0.15, -0.1) is 0 Å². The smallest absolute Gasteiger partial charge is 0.344 e. The van der Waals surface area contributed by atoms with Crippen LogP contribution in [-0.4, -0.2) is 12.6 Å². The van der Waals surface area contributed by atoms with Gasteiger partial charge in [-0.05, 0) is 13.0 Å². The average molecular weight is 307 g/mol. The highest BCUT2D eigenvalue weighted by Gasteiger charge is 2.15. The van der Waals surface area contributed by atoms with E-state index in [1.807, 2.05) is 30.8 Å². The number of carbonyl (C=O) groups is 1. The fraction of sp³-hybridized carbons (Fsp3) is 0.400. The van der Waals surface area contributed by atoms with Crippen molar-refractivity contribution >= 4 is 5.97 Å². The Morgan fingerprint density at radius 3 is 2.79 bits per heavy atom. The van der Waals surface area contributed by atoms with Gasteiger partial charge in [-0.25, -0.2) is 9.36 Å². The molecule has 1 aromatic heterocycles. The van der Waals surface area contributed by atoms with Crippen molar-refractivity contribution in [1.29, 1.82) is 0 Å². The first-order chi connectivity index (χ1) is 6.16. The second-order valence-electron chi connectivity index (χ2n) is 2.84. The number of carbonyl (C=O) groups excluding carboxylic acids is 1. The molecule has 0 aliphatic rings. The van der Waals surface area contributed by atoms with Crippen molar-refractivity contribution in [3.63, 3.8) is 0 Å². The fourth-order valence-electron chi connectivity index (χ4n) is 1.12. The lowest BCUT2D eigenvalue weighted by molar-refractivity contribution is -0.677. The Kier molecular flexibility index (Phi) is 5.68. The fourth-order valence-corrected chi connectivity index (χ4v) is 1.12. The summed E-state index contributed by atoms with van der Waals surface area (Å²) in [7, 11) is 1.90. The zero-order valence-electron chi connectivity index (χ0n) is 8.58. The third kappa shape index (κ3) is 2.94. The third-order valence-electron chi connectivity index (χ3n) is 1.99. The van der Waals surface area contributed by atoms with Crippen molar-refractivity contribution in [2.45, 2.75) is 13.8 Å². The number of aromatic nitrogens is 1. The van der Waals surface area contributed by atoms with Crippen LogP contribution < -0.4 is 28.5 Å². The molecule has 1 heterocycles. The van der Waals surface area contributed by atoms with Crippen LogP contribution in [0, 0.1) is 6.92 Å². The van der Waals surface area contributed by atoms with Crippen molar-refractivity contribution in [2.24, 2.45) is 7.05 Å². The van der Waals surface area contributed by atoms with E-state index < -0.39 is 0 Å². The first-order valence-electron chi connectivity index (χ1n) is 4.29. The van der Waals surface area contributed by atoms with E-state index in [9.17, 15) is 4.79 Å². The topological polar surface area (TPSA) is 30.2 Å². The zero-order valence-corrected chi connectivity index (χ0v) is 10.7. The Labute approximate surface area is 101 Å². The van der Waals surface area contributed by atoms with Gasteiger partial charge in [-0.2, -0.15) is 0 Å². The van der Waals surface area contributed by atoms with Crippen LogP contribution >= 0.6 is 0 Å². The van der Waals surface area contributed by atoms with Crippen molar-refractivity contribution in [3.05, 3.63) is 29.6 Å². The molecule has 1 rings (SSSR count). The van der Waals surface area contributed by atoms with Crippen LogP contribution in [0.25, 0.3) is 0 Å². The second kappa shape index (κ2) is 5.95. The number of esters is 1. The highest BCUT2D eigenvalue weighted by molar-refractivity contribution is 5.90. The lowest BCUT2D eigenvalue weighted by atomic mass is 10.2. The maximum Gasteiger partial charge on any atom is 0.344 e. The summed E-state index contributed by atoms with van der Waals surface area (Å²) in [5.41, 5.74) is 1.55. The standard InChI is InChI=1S/C10H14NO2.HI/c1-4-13-10(12)9-6-5-7-11(3)8(9)2;/h5-7H,4H2,1-3H3;1H/q+1;/p-1. The normalized spacial score (nSPS) is 9.07. The number of halogens is 1. The molecule has 3 nitrogen and oxygen atoms in total. The highest BCUT2D eigenvalue weighted by atomic mass is 127. The molecular formula is C10H14INO2. The van der Waals surface area contributed by atoms with E-state index >= 15 is 0 Å². The molecule has 0 saturated carbocycles. The van der Waals surface area contributed by atoms with E-state index in [1.54, 1.807) is 13.0 Å². The van der Waals surface area contributed by atoms with Crippen molar-refractivity contribution in [3.8, 4) is 0 Å². The molecule has 0 aliphatic heterocycles. The lowest BCUT2D eigenvalue weighted by Gasteiger charge is -2.02. The first-order valence-corrected chi connectivity index (χ1v) is 4.29.